The normalized spacial score (nSPS) is 11.0. The van der Waals surface area contributed by atoms with Gasteiger partial charge in [0.05, 0.1) is 16.8 Å². The molecule has 4 aromatic carbocycles. The third-order valence-corrected chi connectivity index (χ3v) is 5.39. The fraction of sp³-hybridized carbons (Fsp3) is 0. The number of rotatable bonds is 3. The Kier molecular flexibility index (Phi) is 4.66. The van der Waals surface area contributed by atoms with Crippen molar-refractivity contribution in [3.8, 4) is 11.3 Å². The first-order chi connectivity index (χ1) is 14.7. The Balaban J connectivity index is 1.62. The summed E-state index contributed by atoms with van der Waals surface area (Å²) in [5, 5.41) is 6.65. The number of nitrogens with zero attached hydrogens (tertiary/aromatic N) is 1. The van der Waals surface area contributed by atoms with Gasteiger partial charge in [-0.3, -0.25) is 4.79 Å². The Labute approximate surface area is 179 Å². The number of hydrogen-bond acceptors (Lipinski definition) is 2. The van der Waals surface area contributed by atoms with Gasteiger partial charge in [-0.25, -0.2) is 4.98 Å². The molecule has 0 radical (unpaired) electrons. The van der Waals surface area contributed by atoms with Gasteiger partial charge in [0, 0.05) is 27.0 Å². The van der Waals surface area contributed by atoms with Crippen LogP contribution in [0.15, 0.2) is 97.1 Å². The molecule has 0 saturated carbocycles. The molecular formula is C26H17ClN2O. The number of aromatic nitrogens is 1. The van der Waals surface area contributed by atoms with Crippen LogP contribution in [0.1, 0.15) is 10.4 Å². The quantitative estimate of drug-likeness (QED) is 0.350. The van der Waals surface area contributed by atoms with E-state index in [0.717, 1.165) is 38.6 Å². The van der Waals surface area contributed by atoms with Crippen molar-refractivity contribution in [3.05, 3.63) is 108 Å². The molecule has 4 heteroatoms. The summed E-state index contributed by atoms with van der Waals surface area (Å²) in [6.07, 6.45) is 0. The number of para-hydroxylation sites is 1. The molecule has 0 aliphatic rings. The van der Waals surface area contributed by atoms with E-state index < -0.39 is 0 Å². The number of carbonyl (C=O) groups excluding carboxylic acids is 1. The zero-order valence-electron chi connectivity index (χ0n) is 16.0. The molecule has 5 aromatic rings. The van der Waals surface area contributed by atoms with Gasteiger partial charge >= 0.3 is 0 Å². The van der Waals surface area contributed by atoms with E-state index in [-0.39, 0.29) is 5.91 Å². The maximum atomic E-state index is 13.3. The summed E-state index contributed by atoms with van der Waals surface area (Å²) in [5.41, 5.74) is 3.77. The molecule has 1 amide bonds. The molecule has 5 rings (SSSR count). The summed E-state index contributed by atoms with van der Waals surface area (Å²) in [6.45, 7) is 0. The van der Waals surface area contributed by atoms with Crippen LogP contribution in [0.2, 0.25) is 5.02 Å². The van der Waals surface area contributed by atoms with Crippen molar-refractivity contribution in [2.45, 2.75) is 0 Å². The molecule has 1 heterocycles. The molecule has 1 N–H and O–H groups in total. The van der Waals surface area contributed by atoms with Crippen LogP contribution in [0.3, 0.4) is 0 Å². The molecule has 0 aliphatic heterocycles. The highest BCUT2D eigenvalue weighted by molar-refractivity contribution is 6.30. The monoisotopic (exact) mass is 408 g/mol. The first-order valence-corrected chi connectivity index (χ1v) is 10.0. The lowest BCUT2D eigenvalue weighted by atomic mass is 10.0. The van der Waals surface area contributed by atoms with E-state index in [1.807, 2.05) is 97.1 Å². The second-order valence-corrected chi connectivity index (χ2v) is 7.50. The Hall–Kier alpha value is -3.69. The van der Waals surface area contributed by atoms with E-state index in [2.05, 4.69) is 5.32 Å². The lowest BCUT2D eigenvalue weighted by molar-refractivity contribution is 0.102. The summed E-state index contributed by atoms with van der Waals surface area (Å²) in [5.74, 6) is -0.167. The molecule has 3 nitrogen and oxygen atoms in total. The number of pyridine rings is 1. The maximum absolute atomic E-state index is 13.3. The van der Waals surface area contributed by atoms with Crippen LogP contribution < -0.4 is 5.32 Å². The molecule has 0 spiro atoms. The van der Waals surface area contributed by atoms with Gasteiger partial charge in [0.1, 0.15) is 0 Å². The summed E-state index contributed by atoms with van der Waals surface area (Å²) in [6, 6.07) is 30.9. The van der Waals surface area contributed by atoms with Gasteiger partial charge in [0.25, 0.3) is 5.91 Å². The largest absolute Gasteiger partial charge is 0.321 e. The van der Waals surface area contributed by atoms with Crippen molar-refractivity contribution >= 4 is 44.9 Å². The third-order valence-electron chi connectivity index (χ3n) is 5.14. The molecule has 0 bridgehead atoms. The third kappa shape index (κ3) is 3.40. The van der Waals surface area contributed by atoms with Gasteiger partial charge in [-0.05, 0) is 35.7 Å². The van der Waals surface area contributed by atoms with Crippen LogP contribution in [0.25, 0.3) is 32.9 Å². The van der Waals surface area contributed by atoms with Gasteiger partial charge in [0.15, 0.2) is 0 Å². The smallest absolute Gasteiger partial charge is 0.256 e. The van der Waals surface area contributed by atoms with E-state index in [1.165, 1.54) is 0 Å². The molecule has 144 valence electrons. The minimum Gasteiger partial charge on any atom is -0.321 e. The molecule has 30 heavy (non-hydrogen) atoms. The molecule has 0 unspecified atom stereocenters. The summed E-state index contributed by atoms with van der Waals surface area (Å²) in [4.78, 5) is 18.1. The zero-order valence-corrected chi connectivity index (χ0v) is 16.7. The lowest BCUT2D eigenvalue weighted by Gasteiger charge is -2.12. The molecule has 1 aromatic heterocycles. The first kappa shape index (κ1) is 18.3. The molecular weight excluding hydrogens is 392 g/mol. The number of hydrogen-bond donors (Lipinski definition) is 1. The van der Waals surface area contributed by atoms with Gasteiger partial charge in [-0.15, -0.1) is 0 Å². The number of anilines is 1. The van der Waals surface area contributed by atoms with Crippen molar-refractivity contribution < 1.29 is 4.79 Å². The zero-order chi connectivity index (χ0) is 20.5. The Morgan fingerprint density at radius 3 is 2.30 bits per heavy atom. The number of amides is 1. The van der Waals surface area contributed by atoms with Gasteiger partial charge in [-0.1, -0.05) is 78.3 Å². The second-order valence-electron chi connectivity index (χ2n) is 7.06. The van der Waals surface area contributed by atoms with Gasteiger partial charge in [0.2, 0.25) is 0 Å². The fourth-order valence-electron chi connectivity index (χ4n) is 3.66. The van der Waals surface area contributed by atoms with Crippen LogP contribution in [-0.2, 0) is 0 Å². The number of nitrogens with one attached hydrogen (secondary N) is 1. The average Bonchev–Trinajstić information content (AvgIpc) is 2.79. The molecule has 0 fully saturated rings. The van der Waals surface area contributed by atoms with E-state index in [9.17, 15) is 4.79 Å². The van der Waals surface area contributed by atoms with E-state index in [0.29, 0.717) is 10.6 Å². The SMILES string of the molecule is O=C(Nc1cccc2ccccc12)c1cc(-c2ccc(Cl)cc2)nc2ccccc12. The molecule has 0 atom stereocenters. The van der Waals surface area contributed by atoms with Crippen LogP contribution in [0.5, 0.6) is 0 Å². The van der Waals surface area contributed by atoms with Crippen molar-refractivity contribution in [2.75, 3.05) is 5.32 Å². The summed E-state index contributed by atoms with van der Waals surface area (Å²) >= 11 is 6.03. The Morgan fingerprint density at radius 1 is 0.767 bits per heavy atom. The second kappa shape index (κ2) is 7.62. The molecule has 0 aliphatic carbocycles. The summed E-state index contributed by atoms with van der Waals surface area (Å²) < 4.78 is 0. The first-order valence-electron chi connectivity index (χ1n) is 9.64. The van der Waals surface area contributed by atoms with Crippen molar-refractivity contribution in [2.24, 2.45) is 0 Å². The van der Waals surface area contributed by atoms with Crippen LogP contribution in [0, 0.1) is 0 Å². The van der Waals surface area contributed by atoms with Crippen LogP contribution in [0.4, 0.5) is 5.69 Å². The number of halogens is 1. The topological polar surface area (TPSA) is 42.0 Å². The minimum atomic E-state index is -0.167. The maximum Gasteiger partial charge on any atom is 0.256 e. The highest BCUT2D eigenvalue weighted by atomic mass is 35.5. The number of benzene rings is 4. The molecule has 0 saturated heterocycles. The number of fused-ring (bicyclic) bond motifs is 2. The van der Waals surface area contributed by atoms with E-state index in [4.69, 9.17) is 16.6 Å². The highest BCUT2D eigenvalue weighted by Crippen LogP contribution is 2.28. The Bertz CT molecular complexity index is 1390. The Morgan fingerprint density at radius 2 is 1.47 bits per heavy atom. The van der Waals surface area contributed by atoms with Crippen molar-refractivity contribution in [1.82, 2.24) is 4.98 Å². The number of carbonyl (C=O) groups is 1. The van der Waals surface area contributed by atoms with E-state index in [1.54, 1.807) is 0 Å². The van der Waals surface area contributed by atoms with Crippen molar-refractivity contribution in [3.63, 3.8) is 0 Å². The predicted octanol–water partition coefficient (Wildman–Crippen LogP) is 6.96. The van der Waals surface area contributed by atoms with Crippen molar-refractivity contribution in [1.29, 1.82) is 0 Å². The van der Waals surface area contributed by atoms with Gasteiger partial charge < -0.3 is 5.32 Å². The lowest BCUT2D eigenvalue weighted by Crippen LogP contribution is -2.13. The van der Waals surface area contributed by atoms with Crippen LogP contribution >= 0.6 is 11.6 Å². The average molecular weight is 409 g/mol. The van der Waals surface area contributed by atoms with Gasteiger partial charge in [-0.2, -0.15) is 0 Å². The van der Waals surface area contributed by atoms with E-state index >= 15 is 0 Å². The minimum absolute atomic E-state index is 0.167. The highest BCUT2D eigenvalue weighted by Gasteiger charge is 2.15. The fourth-order valence-corrected chi connectivity index (χ4v) is 3.78. The summed E-state index contributed by atoms with van der Waals surface area (Å²) in [7, 11) is 0. The predicted molar refractivity (Wildman–Crippen MR) is 124 cm³/mol. The van der Waals surface area contributed by atoms with Crippen LogP contribution in [-0.4, -0.2) is 10.9 Å². The standard InChI is InChI=1S/C26H17ClN2O/c27-19-14-12-18(13-15-19)25-16-22(21-9-3-4-10-24(21)28-25)26(30)29-23-11-5-7-17-6-1-2-8-20(17)23/h1-16H,(H,29,30).